The van der Waals surface area contributed by atoms with Gasteiger partial charge in [-0.15, -0.1) is 0 Å². The fourth-order valence-corrected chi connectivity index (χ4v) is 1.30. The summed E-state index contributed by atoms with van der Waals surface area (Å²) in [5, 5.41) is 0. The lowest BCUT2D eigenvalue weighted by atomic mass is 9.90. The average molecular weight is 160 g/mol. The molecule has 0 aromatic rings. The van der Waals surface area contributed by atoms with Crippen LogP contribution in [-0.2, 0) is 0 Å². The van der Waals surface area contributed by atoms with Gasteiger partial charge < -0.3 is 0 Å². The molecule has 1 aliphatic rings. The van der Waals surface area contributed by atoms with E-state index in [0.29, 0.717) is 5.92 Å². The Hall–Kier alpha value is -1.04. The molecule has 0 heteroatoms. The molecule has 0 aromatic heterocycles. The summed E-state index contributed by atoms with van der Waals surface area (Å²) in [4.78, 5) is 0. The largest absolute Gasteiger partial charge is 0.0995 e. The van der Waals surface area contributed by atoms with E-state index in [0.717, 1.165) is 12.0 Å². The van der Waals surface area contributed by atoms with E-state index in [1.54, 1.807) is 0 Å². The van der Waals surface area contributed by atoms with Gasteiger partial charge in [-0.3, -0.25) is 0 Å². The van der Waals surface area contributed by atoms with Crippen LogP contribution in [0, 0.1) is 5.92 Å². The molecule has 0 nitrogen and oxygen atoms in total. The van der Waals surface area contributed by atoms with Gasteiger partial charge in [0.1, 0.15) is 0 Å². The fourth-order valence-electron chi connectivity index (χ4n) is 1.30. The molecule has 1 rings (SSSR count). The Bertz CT molecular complexity index is 264. The molecule has 0 aromatic carbocycles. The highest BCUT2D eigenvalue weighted by atomic mass is 14.1. The number of allylic oxidation sites excluding steroid dienone is 6. The summed E-state index contributed by atoms with van der Waals surface area (Å²) in [5.41, 5.74) is 3.65. The quantitative estimate of drug-likeness (QED) is 0.541. The molecule has 64 valence electrons. The molecular weight excluding hydrogens is 144 g/mol. The standard InChI is InChI=1S/C12H16/c1-9(2)11-5-7-12(8-6-11)10(3)4/h5-7,12H,1,3,8H2,2,4H3. The molecule has 0 saturated heterocycles. The summed E-state index contributed by atoms with van der Waals surface area (Å²) in [6.07, 6.45) is 7.67. The van der Waals surface area contributed by atoms with Gasteiger partial charge in [0.15, 0.2) is 0 Å². The van der Waals surface area contributed by atoms with Crippen LogP contribution in [0.15, 0.2) is 48.1 Å². The van der Waals surface area contributed by atoms with Crippen LogP contribution >= 0.6 is 0 Å². The second kappa shape index (κ2) is 3.57. The van der Waals surface area contributed by atoms with Crippen molar-refractivity contribution in [2.45, 2.75) is 20.3 Å². The van der Waals surface area contributed by atoms with Gasteiger partial charge >= 0.3 is 0 Å². The number of hydrogen-bond acceptors (Lipinski definition) is 0. The fraction of sp³-hybridized carbons (Fsp3) is 0.333. The molecule has 0 aliphatic heterocycles. The first-order chi connectivity index (χ1) is 5.61. The zero-order valence-corrected chi connectivity index (χ0v) is 7.93. The van der Waals surface area contributed by atoms with Crippen molar-refractivity contribution in [1.29, 1.82) is 0 Å². The lowest BCUT2D eigenvalue weighted by Crippen LogP contribution is -2.00. The predicted molar refractivity (Wildman–Crippen MR) is 55.0 cm³/mol. The molecule has 0 fully saturated rings. The van der Waals surface area contributed by atoms with Crippen molar-refractivity contribution < 1.29 is 0 Å². The molecule has 0 saturated carbocycles. The van der Waals surface area contributed by atoms with Gasteiger partial charge in [-0.1, -0.05) is 42.5 Å². The van der Waals surface area contributed by atoms with Gasteiger partial charge in [-0.25, -0.2) is 0 Å². The third-order valence-corrected chi connectivity index (χ3v) is 2.23. The first kappa shape index (κ1) is 9.05. The van der Waals surface area contributed by atoms with E-state index in [1.807, 2.05) is 6.92 Å². The molecule has 0 bridgehead atoms. The van der Waals surface area contributed by atoms with Gasteiger partial charge in [0.2, 0.25) is 0 Å². The van der Waals surface area contributed by atoms with Crippen LogP contribution < -0.4 is 0 Å². The predicted octanol–water partition coefficient (Wildman–Crippen LogP) is 3.64. The molecule has 0 heterocycles. The summed E-state index contributed by atoms with van der Waals surface area (Å²) in [7, 11) is 0. The van der Waals surface area contributed by atoms with E-state index >= 15 is 0 Å². The molecular formula is C12H16. The molecule has 1 aliphatic carbocycles. The first-order valence-electron chi connectivity index (χ1n) is 4.31. The molecule has 0 spiro atoms. The lowest BCUT2D eigenvalue weighted by molar-refractivity contribution is 0.765. The first-order valence-corrected chi connectivity index (χ1v) is 4.31. The highest BCUT2D eigenvalue weighted by molar-refractivity contribution is 5.40. The number of rotatable bonds is 2. The van der Waals surface area contributed by atoms with Crippen molar-refractivity contribution in [3.05, 3.63) is 48.1 Å². The lowest BCUT2D eigenvalue weighted by Gasteiger charge is -2.15. The third-order valence-electron chi connectivity index (χ3n) is 2.23. The molecule has 12 heavy (non-hydrogen) atoms. The van der Waals surface area contributed by atoms with Crippen LogP contribution in [0.1, 0.15) is 20.3 Å². The zero-order valence-electron chi connectivity index (χ0n) is 7.93. The van der Waals surface area contributed by atoms with Gasteiger partial charge in [0, 0.05) is 5.92 Å². The molecule has 0 radical (unpaired) electrons. The SMILES string of the molecule is C=C(C)C1=CCC(C(=C)C)C=C1. The van der Waals surface area contributed by atoms with Crippen LogP contribution in [0.25, 0.3) is 0 Å². The summed E-state index contributed by atoms with van der Waals surface area (Å²) in [5.74, 6) is 0.535. The van der Waals surface area contributed by atoms with Crippen molar-refractivity contribution in [3.63, 3.8) is 0 Å². The van der Waals surface area contributed by atoms with Crippen molar-refractivity contribution in [3.8, 4) is 0 Å². The van der Waals surface area contributed by atoms with E-state index in [2.05, 4.69) is 38.3 Å². The van der Waals surface area contributed by atoms with Gasteiger partial charge in [-0.05, 0) is 25.8 Å². The Morgan fingerprint density at radius 3 is 2.42 bits per heavy atom. The van der Waals surface area contributed by atoms with Crippen LogP contribution in [0.5, 0.6) is 0 Å². The Labute approximate surface area is 75.0 Å². The highest BCUT2D eigenvalue weighted by Crippen LogP contribution is 2.24. The van der Waals surface area contributed by atoms with Gasteiger partial charge in [-0.2, -0.15) is 0 Å². The minimum atomic E-state index is 0.535. The van der Waals surface area contributed by atoms with Gasteiger partial charge in [0.05, 0.1) is 0 Å². The summed E-state index contributed by atoms with van der Waals surface area (Å²) >= 11 is 0. The summed E-state index contributed by atoms with van der Waals surface area (Å²) in [6, 6.07) is 0. The molecule has 1 unspecified atom stereocenters. The molecule has 0 N–H and O–H groups in total. The van der Waals surface area contributed by atoms with Crippen LogP contribution in [0.3, 0.4) is 0 Å². The Balaban J connectivity index is 2.68. The smallest absolute Gasteiger partial charge is 0.000944 e. The van der Waals surface area contributed by atoms with Gasteiger partial charge in [0.25, 0.3) is 0 Å². The summed E-state index contributed by atoms with van der Waals surface area (Å²) < 4.78 is 0. The molecule has 0 amide bonds. The average Bonchev–Trinajstić information content (AvgIpc) is 2.04. The second-order valence-electron chi connectivity index (χ2n) is 3.49. The van der Waals surface area contributed by atoms with Crippen molar-refractivity contribution >= 4 is 0 Å². The third kappa shape index (κ3) is 1.97. The van der Waals surface area contributed by atoms with E-state index < -0.39 is 0 Å². The Morgan fingerprint density at radius 1 is 1.42 bits per heavy atom. The summed E-state index contributed by atoms with van der Waals surface area (Å²) in [6.45, 7) is 12.0. The topological polar surface area (TPSA) is 0 Å². The Morgan fingerprint density at radius 2 is 2.08 bits per heavy atom. The zero-order chi connectivity index (χ0) is 9.14. The maximum atomic E-state index is 3.95. The molecule has 1 atom stereocenters. The minimum absolute atomic E-state index is 0.535. The van der Waals surface area contributed by atoms with E-state index in [-0.39, 0.29) is 0 Å². The van der Waals surface area contributed by atoms with E-state index in [1.165, 1.54) is 11.1 Å². The van der Waals surface area contributed by atoms with E-state index in [4.69, 9.17) is 0 Å². The van der Waals surface area contributed by atoms with E-state index in [9.17, 15) is 0 Å². The normalized spacial score (nSPS) is 21.8. The van der Waals surface area contributed by atoms with Crippen molar-refractivity contribution in [2.24, 2.45) is 5.92 Å². The Kier molecular flexibility index (Phi) is 2.69. The second-order valence-corrected chi connectivity index (χ2v) is 3.49. The van der Waals surface area contributed by atoms with Crippen LogP contribution in [0.2, 0.25) is 0 Å². The highest BCUT2D eigenvalue weighted by Gasteiger charge is 2.08. The van der Waals surface area contributed by atoms with Crippen LogP contribution in [-0.4, -0.2) is 0 Å². The maximum absolute atomic E-state index is 3.95. The minimum Gasteiger partial charge on any atom is -0.0995 e. The monoisotopic (exact) mass is 160 g/mol. The van der Waals surface area contributed by atoms with Crippen molar-refractivity contribution in [2.75, 3.05) is 0 Å². The maximum Gasteiger partial charge on any atom is 0.000944 e. The van der Waals surface area contributed by atoms with Crippen molar-refractivity contribution in [1.82, 2.24) is 0 Å². The van der Waals surface area contributed by atoms with Crippen LogP contribution in [0.4, 0.5) is 0 Å². The number of hydrogen-bond donors (Lipinski definition) is 0.